The average Bonchev–Trinajstić information content (AvgIpc) is 3.32. The van der Waals surface area contributed by atoms with Crippen molar-refractivity contribution in [3.63, 3.8) is 0 Å². The molecule has 5 rings (SSSR count). The molecule has 0 radical (unpaired) electrons. The number of halogens is 2. The summed E-state index contributed by atoms with van der Waals surface area (Å²) in [5.41, 5.74) is 2.15. The molecule has 4 aromatic carbocycles. The van der Waals surface area contributed by atoms with E-state index in [1.165, 1.54) is 0 Å². The number of nitrogens with zero attached hydrogens (tertiary/aromatic N) is 3. The zero-order valence-electron chi connectivity index (χ0n) is 18.2. The first-order valence-corrected chi connectivity index (χ1v) is 11.9. The maximum Gasteiger partial charge on any atom is 0.295 e. The van der Waals surface area contributed by atoms with Crippen LogP contribution in [0.3, 0.4) is 0 Å². The predicted molar refractivity (Wildman–Crippen MR) is 140 cm³/mol. The van der Waals surface area contributed by atoms with E-state index in [9.17, 15) is 4.79 Å². The number of aromatic nitrogens is 3. The number of benzene rings is 4. The van der Waals surface area contributed by atoms with E-state index in [1.807, 2.05) is 66.7 Å². The summed E-state index contributed by atoms with van der Waals surface area (Å²) in [4.78, 5) is 17.6. The van der Waals surface area contributed by atoms with Gasteiger partial charge in [-0.2, -0.15) is 0 Å². The number of ether oxygens (including phenoxy) is 1. The first kappa shape index (κ1) is 22.8. The Balaban J connectivity index is 1.40. The summed E-state index contributed by atoms with van der Waals surface area (Å²) in [6, 6.07) is 31.4. The van der Waals surface area contributed by atoms with Crippen LogP contribution < -0.4 is 10.1 Å². The predicted octanol–water partition coefficient (Wildman–Crippen LogP) is 7.39. The number of para-hydroxylation sites is 1. The van der Waals surface area contributed by atoms with Gasteiger partial charge in [-0.1, -0.05) is 45.7 Å². The number of anilines is 1. The van der Waals surface area contributed by atoms with Gasteiger partial charge in [0, 0.05) is 20.7 Å². The number of carbonyl (C=O) groups is 1. The molecule has 1 N–H and O–H groups in total. The second kappa shape index (κ2) is 10.1. The molecule has 1 aromatic heterocycles. The highest BCUT2D eigenvalue weighted by Gasteiger charge is 2.19. The van der Waals surface area contributed by atoms with Crippen LogP contribution >= 0.6 is 27.5 Å². The number of amides is 1. The van der Waals surface area contributed by atoms with Crippen molar-refractivity contribution in [1.82, 2.24) is 14.8 Å². The van der Waals surface area contributed by atoms with Gasteiger partial charge >= 0.3 is 0 Å². The molecule has 1 heterocycles. The van der Waals surface area contributed by atoms with Gasteiger partial charge in [-0.3, -0.25) is 4.79 Å². The molecule has 1 amide bonds. The number of nitrogens with one attached hydrogen (secondary N) is 1. The third-order valence-corrected chi connectivity index (χ3v) is 5.86. The summed E-state index contributed by atoms with van der Waals surface area (Å²) >= 11 is 9.50. The van der Waals surface area contributed by atoms with Gasteiger partial charge in [-0.15, -0.1) is 5.10 Å². The molecule has 0 aliphatic rings. The lowest BCUT2D eigenvalue weighted by atomic mass is 10.2. The lowest BCUT2D eigenvalue weighted by molar-refractivity contribution is 0.101. The fourth-order valence-electron chi connectivity index (χ4n) is 3.37. The van der Waals surface area contributed by atoms with Gasteiger partial charge in [0.2, 0.25) is 5.82 Å². The molecule has 0 saturated heterocycles. The Morgan fingerprint density at radius 3 is 2.17 bits per heavy atom. The van der Waals surface area contributed by atoms with E-state index in [-0.39, 0.29) is 5.82 Å². The maximum atomic E-state index is 13.0. The van der Waals surface area contributed by atoms with Gasteiger partial charge in [0.1, 0.15) is 11.5 Å². The standard InChI is InChI=1S/C27H18BrClN4O2/c28-19-8-14-22(15-9-19)33-26(18-6-10-20(29)11-7-18)31-25(32-33)27(34)30-21-12-16-24(17-13-21)35-23-4-2-1-3-5-23/h1-17H,(H,30,34). The Morgan fingerprint density at radius 2 is 1.49 bits per heavy atom. The molecule has 0 bridgehead atoms. The summed E-state index contributed by atoms with van der Waals surface area (Å²) < 4.78 is 8.38. The highest BCUT2D eigenvalue weighted by atomic mass is 79.9. The van der Waals surface area contributed by atoms with Crippen LogP contribution in [-0.2, 0) is 0 Å². The van der Waals surface area contributed by atoms with Crippen LogP contribution in [0.4, 0.5) is 5.69 Å². The summed E-state index contributed by atoms with van der Waals surface area (Å²) in [7, 11) is 0. The van der Waals surface area contributed by atoms with E-state index in [0.29, 0.717) is 22.3 Å². The lowest BCUT2D eigenvalue weighted by Crippen LogP contribution is -2.14. The molecule has 8 heteroatoms. The van der Waals surface area contributed by atoms with Crippen molar-refractivity contribution in [3.05, 3.63) is 118 Å². The van der Waals surface area contributed by atoms with Crippen molar-refractivity contribution < 1.29 is 9.53 Å². The molecule has 35 heavy (non-hydrogen) atoms. The van der Waals surface area contributed by atoms with Crippen molar-refractivity contribution in [2.24, 2.45) is 0 Å². The van der Waals surface area contributed by atoms with Crippen molar-refractivity contribution in [1.29, 1.82) is 0 Å². The van der Waals surface area contributed by atoms with E-state index in [1.54, 1.807) is 41.1 Å². The van der Waals surface area contributed by atoms with Crippen molar-refractivity contribution in [2.45, 2.75) is 0 Å². The summed E-state index contributed by atoms with van der Waals surface area (Å²) in [6.45, 7) is 0. The topological polar surface area (TPSA) is 69.0 Å². The Bertz CT molecular complexity index is 1390. The molecule has 172 valence electrons. The minimum atomic E-state index is -0.423. The second-order valence-corrected chi connectivity index (χ2v) is 8.90. The van der Waals surface area contributed by atoms with Gasteiger partial charge in [0.25, 0.3) is 5.91 Å². The highest BCUT2D eigenvalue weighted by molar-refractivity contribution is 9.10. The molecular weight excluding hydrogens is 528 g/mol. The van der Waals surface area contributed by atoms with E-state index < -0.39 is 5.91 Å². The minimum Gasteiger partial charge on any atom is -0.457 e. The van der Waals surface area contributed by atoms with Crippen molar-refractivity contribution >= 4 is 39.1 Å². The average molecular weight is 546 g/mol. The van der Waals surface area contributed by atoms with Gasteiger partial charge in [-0.25, -0.2) is 9.67 Å². The Kier molecular flexibility index (Phi) is 6.61. The fraction of sp³-hybridized carbons (Fsp3) is 0. The van der Waals surface area contributed by atoms with E-state index in [4.69, 9.17) is 16.3 Å². The number of carbonyl (C=O) groups excluding carboxylic acids is 1. The molecule has 6 nitrogen and oxygen atoms in total. The summed E-state index contributed by atoms with van der Waals surface area (Å²) in [5, 5.41) is 7.96. The van der Waals surface area contributed by atoms with Crippen LogP contribution in [-0.4, -0.2) is 20.7 Å². The van der Waals surface area contributed by atoms with Gasteiger partial charge in [-0.05, 0) is 84.9 Å². The van der Waals surface area contributed by atoms with Gasteiger partial charge in [0.15, 0.2) is 5.82 Å². The van der Waals surface area contributed by atoms with Crippen LogP contribution in [0.15, 0.2) is 108 Å². The highest BCUT2D eigenvalue weighted by Crippen LogP contribution is 2.25. The molecule has 0 atom stereocenters. The van der Waals surface area contributed by atoms with Crippen molar-refractivity contribution in [2.75, 3.05) is 5.32 Å². The molecule has 0 saturated carbocycles. The maximum absolute atomic E-state index is 13.0. The minimum absolute atomic E-state index is 0.0440. The van der Waals surface area contributed by atoms with Gasteiger partial charge < -0.3 is 10.1 Å². The number of rotatable bonds is 6. The van der Waals surface area contributed by atoms with Crippen LogP contribution in [0, 0.1) is 0 Å². The first-order valence-electron chi connectivity index (χ1n) is 10.7. The molecule has 0 aliphatic carbocycles. The molecule has 0 unspecified atom stereocenters. The summed E-state index contributed by atoms with van der Waals surface area (Å²) in [6.07, 6.45) is 0. The third kappa shape index (κ3) is 5.42. The zero-order valence-corrected chi connectivity index (χ0v) is 20.6. The largest absolute Gasteiger partial charge is 0.457 e. The Labute approximate surface area is 215 Å². The summed E-state index contributed by atoms with van der Waals surface area (Å²) in [5.74, 6) is 1.55. The van der Waals surface area contributed by atoms with E-state index >= 15 is 0 Å². The second-order valence-electron chi connectivity index (χ2n) is 7.55. The quantitative estimate of drug-likeness (QED) is 0.241. The van der Waals surface area contributed by atoms with Crippen molar-refractivity contribution in [3.8, 4) is 28.6 Å². The lowest BCUT2D eigenvalue weighted by Gasteiger charge is -2.07. The zero-order chi connectivity index (χ0) is 24.2. The monoisotopic (exact) mass is 544 g/mol. The molecule has 0 fully saturated rings. The fourth-order valence-corrected chi connectivity index (χ4v) is 3.76. The van der Waals surface area contributed by atoms with Gasteiger partial charge in [0.05, 0.1) is 5.69 Å². The molecule has 0 aliphatic heterocycles. The van der Waals surface area contributed by atoms with Crippen LogP contribution in [0.1, 0.15) is 10.6 Å². The third-order valence-electron chi connectivity index (χ3n) is 5.07. The van der Waals surface area contributed by atoms with E-state index in [2.05, 4.69) is 31.3 Å². The SMILES string of the molecule is O=C(Nc1ccc(Oc2ccccc2)cc1)c1nc(-c2ccc(Cl)cc2)n(-c2ccc(Br)cc2)n1. The molecule has 0 spiro atoms. The van der Waals surface area contributed by atoms with Crippen LogP contribution in [0.2, 0.25) is 5.02 Å². The number of hydrogen-bond acceptors (Lipinski definition) is 4. The first-order chi connectivity index (χ1) is 17.0. The smallest absolute Gasteiger partial charge is 0.295 e. The normalized spacial score (nSPS) is 10.7. The van der Waals surface area contributed by atoms with E-state index in [0.717, 1.165) is 21.5 Å². The molecule has 5 aromatic rings. The Hall–Kier alpha value is -3.94. The number of hydrogen-bond donors (Lipinski definition) is 1. The Morgan fingerprint density at radius 1 is 0.829 bits per heavy atom. The van der Waals surface area contributed by atoms with Crippen LogP contribution in [0.25, 0.3) is 17.1 Å². The van der Waals surface area contributed by atoms with Crippen LogP contribution in [0.5, 0.6) is 11.5 Å². The molecular formula is C27H18BrClN4O2.